The second-order valence-corrected chi connectivity index (χ2v) is 9.57. The van der Waals surface area contributed by atoms with Gasteiger partial charge in [-0.05, 0) is 5.56 Å². The highest BCUT2D eigenvalue weighted by molar-refractivity contribution is 6.87. The van der Waals surface area contributed by atoms with Crippen molar-refractivity contribution in [3.63, 3.8) is 0 Å². The molecule has 0 aliphatic carbocycles. The molecular weight excluding hydrogens is 216 g/mol. The molecule has 0 saturated carbocycles. The van der Waals surface area contributed by atoms with E-state index in [4.69, 9.17) is 0 Å². The number of rotatable bonds is 3. The number of hydrogen-bond donors (Lipinski definition) is 0. The van der Waals surface area contributed by atoms with Crippen molar-refractivity contribution in [2.45, 2.75) is 19.6 Å². The van der Waals surface area contributed by atoms with Gasteiger partial charge in [0.1, 0.15) is 11.9 Å². The molecule has 1 rings (SSSR count). The Bertz CT molecular complexity index is 470. The van der Waals surface area contributed by atoms with Gasteiger partial charge in [-0.1, -0.05) is 50.0 Å². The molecule has 3 heteroatoms. The molecule has 1 aromatic carbocycles. The SMILES string of the molecule is C[Si](C)(C)C(=C=O)C(=C=O)c1ccccc1. The highest BCUT2D eigenvalue weighted by Gasteiger charge is 2.26. The number of hydrogen-bond acceptors (Lipinski definition) is 2. The molecule has 0 spiro atoms. The molecule has 0 heterocycles. The first-order chi connectivity index (χ1) is 7.50. The van der Waals surface area contributed by atoms with Crippen molar-refractivity contribution >= 4 is 25.5 Å². The van der Waals surface area contributed by atoms with Gasteiger partial charge < -0.3 is 0 Å². The van der Waals surface area contributed by atoms with Crippen LogP contribution in [0.1, 0.15) is 5.56 Å². The van der Waals surface area contributed by atoms with Crippen LogP contribution in [0.25, 0.3) is 5.57 Å². The fraction of sp³-hybridized carbons (Fsp3) is 0.231. The summed E-state index contributed by atoms with van der Waals surface area (Å²) in [5, 5.41) is 0.494. The Kier molecular flexibility index (Phi) is 3.81. The van der Waals surface area contributed by atoms with Crippen LogP contribution in [0, 0.1) is 0 Å². The van der Waals surface area contributed by atoms with Crippen molar-refractivity contribution in [2.75, 3.05) is 0 Å². The monoisotopic (exact) mass is 230 g/mol. The van der Waals surface area contributed by atoms with E-state index >= 15 is 0 Å². The lowest BCUT2D eigenvalue weighted by atomic mass is 10.1. The molecule has 0 aliphatic rings. The Labute approximate surface area is 96.3 Å². The van der Waals surface area contributed by atoms with E-state index in [1.807, 2.05) is 49.7 Å². The van der Waals surface area contributed by atoms with Crippen molar-refractivity contribution in [2.24, 2.45) is 0 Å². The topological polar surface area (TPSA) is 34.1 Å². The van der Waals surface area contributed by atoms with Gasteiger partial charge in [-0.3, -0.25) is 0 Å². The van der Waals surface area contributed by atoms with Crippen LogP contribution in [0.5, 0.6) is 0 Å². The zero-order chi connectivity index (χ0) is 12.2. The minimum absolute atomic E-state index is 0.356. The summed E-state index contributed by atoms with van der Waals surface area (Å²) < 4.78 is 0. The second kappa shape index (κ2) is 4.91. The Morgan fingerprint density at radius 2 is 1.56 bits per heavy atom. The molecular formula is C13H14O2Si. The number of benzene rings is 1. The van der Waals surface area contributed by atoms with Gasteiger partial charge >= 0.3 is 0 Å². The Morgan fingerprint density at radius 1 is 1.00 bits per heavy atom. The zero-order valence-electron chi connectivity index (χ0n) is 9.70. The quantitative estimate of drug-likeness (QED) is 0.454. The summed E-state index contributed by atoms with van der Waals surface area (Å²) in [7, 11) is -1.86. The summed E-state index contributed by atoms with van der Waals surface area (Å²) in [4.78, 5) is 22.0. The van der Waals surface area contributed by atoms with Gasteiger partial charge in [0.2, 0.25) is 0 Å². The van der Waals surface area contributed by atoms with Crippen molar-refractivity contribution < 1.29 is 9.59 Å². The molecule has 0 bridgehead atoms. The van der Waals surface area contributed by atoms with E-state index in [2.05, 4.69) is 0 Å². The summed E-state index contributed by atoms with van der Waals surface area (Å²) in [6.45, 7) is 6.02. The molecule has 2 nitrogen and oxygen atoms in total. The Balaban J connectivity index is 3.32. The molecule has 0 saturated heterocycles. The van der Waals surface area contributed by atoms with Crippen LogP contribution >= 0.6 is 0 Å². The molecule has 0 atom stereocenters. The third kappa shape index (κ3) is 2.68. The molecule has 0 N–H and O–H groups in total. The molecule has 16 heavy (non-hydrogen) atoms. The van der Waals surface area contributed by atoms with Gasteiger partial charge in [-0.2, -0.15) is 0 Å². The Morgan fingerprint density at radius 3 is 1.94 bits per heavy atom. The van der Waals surface area contributed by atoms with E-state index in [0.717, 1.165) is 5.56 Å². The largest absolute Gasteiger partial charge is 0.234 e. The van der Waals surface area contributed by atoms with Crippen LogP contribution in [-0.4, -0.2) is 20.0 Å². The maximum atomic E-state index is 11.0. The van der Waals surface area contributed by atoms with Crippen LogP contribution in [0.15, 0.2) is 35.5 Å². The van der Waals surface area contributed by atoms with Crippen LogP contribution < -0.4 is 0 Å². The summed E-state index contributed by atoms with van der Waals surface area (Å²) in [6, 6.07) is 9.14. The predicted molar refractivity (Wildman–Crippen MR) is 68.1 cm³/mol. The van der Waals surface area contributed by atoms with E-state index in [1.54, 1.807) is 12.1 Å². The molecule has 0 unspecified atom stereocenters. The van der Waals surface area contributed by atoms with Crippen LogP contribution in [0.2, 0.25) is 19.6 Å². The van der Waals surface area contributed by atoms with Gasteiger partial charge in [0, 0.05) is 5.20 Å². The fourth-order valence-corrected chi connectivity index (χ4v) is 2.69. The summed E-state index contributed by atoms with van der Waals surface area (Å²) >= 11 is 0. The lowest BCUT2D eigenvalue weighted by molar-refractivity contribution is 0.566. The minimum Gasteiger partial charge on any atom is -0.234 e. The summed E-state index contributed by atoms with van der Waals surface area (Å²) in [5.41, 5.74) is 1.09. The minimum atomic E-state index is -1.86. The number of allylic oxidation sites excluding steroid dienone is 2. The summed E-state index contributed by atoms with van der Waals surface area (Å²) in [5.74, 6) is 3.80. The van der Waals surface area contributed by atoms with Crippen LogP contribution in [0.4, 0.5) is 0 Å². The average molecular weight is 230 g/mol. The molecule has 0 aliphatic heterocycles. The van der Waals surface area contributed by atoms with E-state index in [0.29, 0.717) is 10.8 Å². The van der Waals surface area contributed by atoms with E-state index < -0.39 is 8.07 Å². The first kappa shape index (κ1) is 12.4. The molecule has 0 aromatic heterocycles. The smallest absolute Gasteiger partial charge is 0.133 e. The van der Waals surface area contributed by atoms with Crippen molar-refractivity contribution in [1.82, 2.24) is 0 Å². The first-order valence-corrected chi connectivity index (χ1v) is 8.57. The second-order valence-electron chi connectivity index (χ2n) is 4.57. The van der Waals surface area contributed by atoms with E-state index in [1.165, 1.54) is 0 Å². The Hall–Kier alpha value is -1.66. The maximum Gasteiger partial charge on any atom is 0.133 e. The van der Waals surface area contributed by atoms with Gasteiger partial charge in [0.25, 0.3) is 0 Å². The van der Waals surface area contributed by atoms with Crippen LogP contribution in [0.3, 0.4) is 0 Å². The van der Waals surface area contributed by atoms with Crippen LogP contribution in [-0.2, 0) is 9.59 Å². The van der Waals surface area contributed by atoms with Gasteiger partial charge in [-0.25, -0.2) is 9.59 Å². The lowest BCUT2D eigenvalue weighted by Gasteiger charge is -2.17. The summed E-state index contributed by atoms with van der Waals surface area (Å²) in [6.07, 6.45) is 0. The zero-order valence-corrected chi connectivity index (χ0v) is 10.7. The lowest BCUT2D eigenvalue weighted by Crippen LogP contribution is -2.25. The predicted octanol–water partition coefficient (Wildman–Crippen LogP) is 2.54. The maximum absolute atomic E-state index is 11.0. The van der Waals surface area contributed by atoms with Crippen molar-refractivity contribution in [1.29, 1.82) is 0 Å². The first-order valence-electron chi connectivity index (χ1n) is 5.07. The fourth-order valence-electron chi connectivity index (χ4n) is 1.44. The van der Waals surface area contributed by atoms with E-state index in [-0.39, 0.29) is 0 Å². The normalized spacial score (nSPS) is 10.2. The van der Waals surface area contributed by atoms with Crippen molar-refractivity contribution in [3.8, 4) is 0 Å². The van der Waals surface area contributed by atoms with Gasteiger partial charge in [-0.15, -0.1) is 0 Å². The van der Waals surface area contributed by atoms with Gasteiger partial charge in [0.15, 0.2) is 0 Å². The highest BCUT2D eigenvalue weighted by Crippen LogP contribution is 2.25. The standard InChI is InChI=1S/C13H14O2Si/c1-16(2,3)13(10-15)12(9-14)11-7-5-4-6-8-11/h4-8H,1-3H3. The molecule has 82 valence electrons. The molecule has 1 aromatic rings. The third-order valence-electron chi connectivity index (χ3n) is 2.27. The molecule has 0 amide bonds. The van der Waals surface area contributed by atoms with E-state index in [9.17, 15) is 9.59 Å². The highest BCUT2D eigenvalue weighted by atomic mass is 28.3. The molecule has 0 fully saturated rings. The molecule has 0 radical (unpaired) electrons. The number of carbonyl (C=O) groups excluding carboxylic acids is 2. The third-order valence-corrected chi connectivity index (χ3v) is 4.12. The average Bonchev–Trinajstić information content (AvgIpc) is 2.25. The van der Waals surface area contributed by atoms with Crippen molar-refractivity contribution in [3.05, 3.63) is 41.1 Å². The van der Waals surface area contributed by atoms with Gasteiger partial charge in [0.05, 0.1) is 13.6 Å².